The third kappa shape index (κ3) is 2.86. The number of benzene rings is 1. The number of halogens is 1. The summed E-state index contributed by atoms with van der Waals surface area (Å²) in [6.45, 7) is 3.75. The summed E-state index contributed by atoms with van der Waals surface area (Å²) >= 11 is 0. The van der Waals surface area contributed by atoms with Crippen molar-refractivity contribution in [1.82, 2.24) is 14.4 Å². The van der Waals surface area contributed by atoms with Gasteiger partial charge in [-0.25, -0.2) is 9.18 Å². The molecule has 2 aromatic rings. The van der Waals surface area contributed by atoms with Gasteiger partial charge in [-0.05, 0) is 37.1 Å². The van der Waals surface area contributed by atoms with Gasteiger partial charge in [-0.2, -0.15) is 0 Å². The summed E-state index contributed by atoms with van der Waals surface area (Å²) in [7, 11) is 0. The molecule has 0 N–H and O–H groups in total. The number of carbonyl (C=O) groups excluding carboxylic acids is 1. The summed E-state index contributed by atoms with van der Waals surface area (Å²) in [6.07, 6.45) is 3.66. The molecular weight excluding hydrogens is 309 g/mol. The Hall–Kier alpha value is -2.08. The number of hydrogen-bond donors (Lipinski definition) is 0. The highest BCUT2D eigenvalue weighted by Gasteiger charge is 2.32. The zero-order valence-electron chi connectivity index (χ0n) is 13.7. The van der Waals surface area contributed by atoms with Crippen molar-refractivity contribution in [2.75, 3.05) is 32.9 Å². The molecule has 0 atom stereocenters. The van der Waals surface area contributed by atoms with Crippen molar-refractivity contribution < 1.29 is 13.9 Å². The van der Waals surface area contributed by atoms with Gasteiger partial charge in [0.1, 0.15) is 12.4 Å². The third-order valence-corrected chi connectivity index (χ3v) is 5.16. The van der Waals surface area contributed by atoms with Crippen LogP contribution in [0.15, 0.2) is 30.5 Å². The van der Waals surface area contributed by atoms with Gasteiger partial charge in [-0.3, -0.25) is 0 Å². The number of nitrogens with zero attached hydrogens (tertiary/aromatic N) is 3. The van der Waals surface area contributed by atoms with Crippen molar-refractivity contribution in [3.05, 3.63) is 30.5 Å². The standard InChI is InChI=1S/C18H22FN3O2/c19-6-10-21-9-3-14-13-16(1-2-17(14)21)24-18(23)22-12-11-20-7-4-15(22)5-8-20/h1-3,9,13,15H,4-8,10-12H2. The maximum Gasteiger partial charge on any atom is 0.415 e. The number of carbonyl (C=O) groups is 1. The first kappa shape index (κ1) is 15.4. The first-order valence-corrected chi connectivity index (χ1v) is 8.60. The molecule has 2 bridgehead atoms. The number of rotatable bonds is 3. The molecule has 1 amide bonds. The van der Waals surface area contributed by atoms with Gasteiger partial charge in [0.2, 0.25) is 0 Å². The summed E-state index contributed by atoms with van der Waals surface area (Å²) in [5.74, 6) is 0.546. The van der Waals surface area contributed by atoms with Crippen molar-refractivity contribution in [2.24, 2.45) is 0 Å². The van der Waals surface area contributed by atoms with E-state index in [2.05, 4.69) is 4.90 Å². The number of piperidine rings is 1. The smallest absolute Gasteiger partial charge is 0.410 e. The fraction of sp³-hybridized carbons (Fsp3) is 0.500. The van der Waals surface area contributed by atoms with Crippen LogP contribution >= 0.6 is 0 Å². The topological polar surface area (TPSA) is 37.7 Å². The maximum absolute atomic E-state index is 12.6. The molecule has 128 valence electrons. The van der Waals surface area contributed by atoms with E-state index in [-0.39, 0.29) is 6.09 Å². The number of hydrogen-bond acceptors (Lipinski definition) is 3. The van der Waals surface area contributed by atoms with Crippen LogP contribution < -0.4 is 4.74 Å². The SMILES string of the molecule is O=C(Oc1ccc2c(ccn2CCF)c1)N1CCN2CCC1CC2. The zero-order valence-corrected chi connectivity index (χ0v) is 13.7. The van der Waals surface area contributed by atoms with Gasteiger partial charge in [0.05, 0.1) is 6.54 Å². The molecule has 5 nitrogen and oxygen atoms in total. The average molecular weight is 331 g/mol. The van der Waals surface area contributed by atoms with Gasteiger partial charge in [0.25, 0.3) is 0 Å². The monoisotopic (exact) mass is 331 g/mol. The van der Waals surface area contributed by atoms with Gasteiger partial charge < -0.3 is 19.1 Å². The van der Waals surface area contributed by atoms with Gasteiger partial charge in [-0.15, -0.1) is 0 Å². The molecule has 0 saturated carbocycles. The Morgan fingerprint density at radius 1 is 1.17 bits per heavy atom. The summed E-state index contributed by atoms with van der Waals surface area (Å²) in [5.41, 5.74) is 0.952. The Kier molecular flexibility index (Phi) is 4.14. The Morgan fingerprint density at radius 3 is 2.79 bits per heavy atom. The molecule has 3 fully saturated rings. The summed E-state index contributed by atoms with van der Waals surface area (Å²) < 4.78 is 20.0. The lowest BCUT2D eigenvalue weighted by Gasteiger charge is -2.30. The predicted octanol–water partition coefficient (Wildman–Crippen LogP) is 2.89. The van der Waals surface area contributed by atoms with E-state index in [1.807, 2.05) is 33.9 Å². The third-order valence-electron chi connectivity index (χ3n) is 5.16. The molecule has 0 radical (unpaired) electrons. The van der Waals surface area contributed by atoms with Crippen LogP contribution in [0.2, 0.25) is 0 Å². The van der Waals surface area contributed by atoms with E-state index in [1.54, 1.807) is 6.07 Å². The second kappa shape index (κ2) is 6.43. The largest absolute Gasteiger partial charge is 0.415 e. The van der Waals surface area contributed by atoms with Crippen molar-refractivity contribution >= 4 is 17.0 Å². The predicted molar refractivity (Wildman–Crippen MR) is 90.1 cm³/mol. The molecule has 3 saturated heterocycles. The van der Waals surface area contributed by atoms with E-state index >= 15 is 0 Å². The molecular formula is C18H22FN3O2. The molecule has 0 unspecified atom stereocenters. The number of aryl methyl sites for hydroxylation is 1. The average Bonchev–Trinajstić information content (AvgIpc) is 2.77. The maximum atomic E-state index is 12.6. The quantitative estimate of drug-likeness (QED) is 0.868. The summed E-state index contributed by atoms with van der Waals surface area (Å²) in [5, 5.41) is 0.955. The van der Waals surface area contributed by atoms with Crippen LogP contribution in [0.3, 0.4) is 0 Å². The Bertz CT molecular complexity index is 737. The Morgan fingerprint density at radius 2 is 2.00 bits per heavy atom. The molecule has 0 spiro atoms. The van der Waals surface area contributed by atoms with Gasteiger partial charge in [-0.1, -0.05) is 0 Å². The van der Waals surface area contributed by atoms with Crippen LogP contribution in [-0.4, -0.2) is 59.4 Å². The van der Waals surface area contributed by atoms with E-state index in [9.17, 15) is 9.18 Å². The molecule has 5 rings (SSSR count). The minimum atomic E-state index is -0.395. The lowest BCUT2D eigenvalue weighted by Crippen LogP contribution is -2.43. The number of alkyl halides is 1. The fourth-order valence-corrected chi connectivity index (χ4v) is 3.81. The van der Waals surface area contributed by atoms with Gasteiger partial charge >= 0.3 is 6.09 Å². The molecule has 3 aliphatic rings. The van der Waals surface area contributed by atoms with Crippen LogP contribution in [0.4, 0.5) is 9.18 Å². The van der Waals surface area contributed by atoms with Crippen molar-refractivity contribution in [3.63, 3.8) is 0 Å². The van der Waals surface area contributed by atoms with Crippen LogP contribution in [0, 0.1) is 0 Å². The van der Waals surface area contributed by atoms with E-state index in [4.69, 9.17) is 4.74 Å². The molecule has 24 heavy (non-hydrogen) atoms. The highest BCUT2D eigenvalue weighted by Crippen LogP contribution is 2.25. The van der Waals surface area contributed by atoms with Gasteiger partial charge in [0.15, 0.2) is 0 Å². The second-order valence-electron chi connectivity index (χ2n) is 6.55. The van der Waals surface area contributed by atoms with E-state index in [1.165, 1.54) is 0 Å². The van der Waals surface area contributed by atoms with E-state index < -0.39 is 6.67 Å². The minimum absolute atomic E-state index is 0.258. The number of amides is 1. The molecule has 3 aliphatic heterocycles. The molecule has 1 aromatic heterocycles. The first-order valence-electron chi connectivity index (χ1n) is 8.60. The van der Waals surface area contributed by atoms with Gasteiger partial charge in [0, 0.05) is 49.3 Å². The lowest BCUT2D eigenvalue weighted by molar-refractivity contribution is 0.131. The van der Waals surface area contributed by atoms with E-state index in [0.717, 1.165) is 49.9 Å². The highest BCUT2D eigenvalue weighted by molar-refractivity contribution is 5.83. The lowest BCUT2D eigenvalue weighted by atomic mass is 10.1. The zero-order chi connectivity index (χ0) is 16.5. The van der Waals surface area contributed by atoms with Crippen LogP contribution in [0.5, 0.6) is 5.75 Å². The molecule has 0 aliphatic carbocycles. The fourth-order valence-electron chi connectivity index (χ4n) is 3.81. The number of ether oxygens (including phenoxy) is 1. The number of fused-ring (bicyclic) bond motifs is 5. The van der Waals surface area contributed by atoms with Crippen LogP contribution in [0.1, 0.15) is 12.8 Å². The number of aromatic nitrogens is 1. The van der Waals surface area contributed by atoms with Crippen LogP contribution in [0.25, 0.3) is 10.9 Å². The highest BCUT2D eigenvalue weighted by atomic mass is 19.1. The van der Waals surface area contributed by atoms with E-state index in [0.29, 0.717) is 18.3 Å². The normalized spacial score (nSPS) is 23.5. The Labute approximate surface area is 140 Å². The van der Waals surface area contributed by atoms with Crippen molar-refractivity contribution in [1.29, 1.82) is 0 Å². The molecule has 1 aromatic carbocycles. The minimum Gasteiger partial charge on any atom is -0.410 e. The molecule has 4 heterocycles. The Balaban J connectivity index is 1.50. The summed E-state index contributed by atoms with van der Waals surface area (Å²) in [6, 6.07) is 7.73. The molecule has 6 heteroatoms. The first-order chi connectivity index (χ1) is 11.7. The van der Waals surface area contributed by atoms with Crippen LogP contribution in [-0.2, 0) is 6.54 Å². The van der Waals surface area contributed by atoms with Crippen molar-refractivity contribution in [3.8, 4) is 5.75 Å². The summed E-state index contributed by atoms with van der Waals surface area (Å²) in [4.78, 5) is 16.9. The van der Waals surface area contributed by atoms with Crippen molar-refractivity contribution in [2.45, 2.75) is 25.4 Å². The second-order valence-corrected chi connectivity index (χ2v) is 6.55.